The molecule has 6 nitrogen and oxygen atoms in total. The molecule has 1 saturated carbocycles. The van der Waals surface area contributed by atoms with E-state index >= 15 is 0 Å². The van der Waals surface area contributed by atoms with Crippen LogP contribution in [0.1, 0.15) is 49.4 Å². The van der Waals surface area contributed by atoms with Crippen molar-refractivity contribution in [1.82, 2.24) is 10.2 Å². The van der Waals surface area contributed by atoms with Crippen molar-refractivity contribution in [2.75, 3.05) is 46.6 Å². The van der Waals surface area contributed by atoms with Crippen LogP contribution in [-0.4, -0.2) is 62.9 Å². The summed E-state index contributed by atoms with van der Waals surface area (Å²) in [5.41, 5.74) is 0.666. The summed E-state index contributed by atoms with van der Waals surface area (Å²) < 4.78 is 16.4. The summed E-state index contributed by atoms with van der Waals surface area (Å²) in [5, 5.41) is 3.20. The molecule has 0 atom stereocenters. The standard InChI is InChI=1S/C21H32N2O4/c1-3-27-19-15-17(7-8-18(19)25-2)20(24)22-16-21(9-5-4-6-10-21)23-11-13-26-14-12-23/h7-8,15H,3-6,9-14,16H2,1-2H3,(H,22,24). The molecule has 1 aliphatic heterocycles. The Kier molecular flexibility index (Phi) is 6.96. The summed E-state index contributed by atoms with van der Waals surface area (Å²) in [6, 6.07) is 5.34. The van der Waals surface area contributed by atoms with Crippen molar-refractivity contribution in [3.63, 3.8) is 0 Å². The van der Waals surface area contributed by atoms with Gasteiger partial charge in [0.1, 0.15) is 0 Å². The third kappa shape index (κ3) is 4.74. The van der Waals surface area contributed by atoms with Gasteiger partial charge in [-0.15, -0.1) is 0 Å². The summed E-state index contributed by atoms with van der Waals surface area (Å²) in [7, 11) is 1.60. The van der Waals surface area contributed by atoms with Gasteiger partial charge < -0.3 is 19.5 Å². The molecule has 27 heavy (non-hydrogen) atoms. The molecule has 0 unspecified atom stereocenters. The van der Waals surface area contributed by atoms with Crippen LogP contribution in [0.25, 0.3) is 0 Å². The maximum absolute atomic E-state index is 12.8. The molecule has 2 fully saturated rings. The third-order valence-corrected chi connectivity index (χ3v) is 5.77. The Balaban J connectivity index is 1.69. The Morgan fingerprint density at radius 3 is 2.59 bits per heavy atom. The van der Waals surface area contributed by atoms with Crippen LogP contribution < -0.4 is 14.8 Å². The monoisotopic (exact) mass is 376 g/mol. The van der Waals surface area contributed by atoms with Crippen LogP contribution in [0, 0.1) is 0 Å². The lowest BCUT2D eigenvalue weighted by Crippen LogP contribution is -2.59. The first kappa shape index (κ1) is 20.0. The van der Waals surface area contributed by atoms with Gasteiger partial charge in [-0.05, 0) is 38.0 Å². The number of methoxy groups -OCH3 is 1. The number of benzene rings is 1. The minimum atomic E-state index is -0.0585. The molecule has 3 rings (SSSR count). The molecule has 1 heterocycles. The molecule has 1 saturated heterocycles. The number of nitrogens with one attached hydrogen (secondary N) is 1. The van der Waals surface area contributed by atoms with Crippen molar-refractivity contribution in [2.45, 2.75) is 44.6 Å². The highest BCUT2D eigenvalue weighted by Gasteiger charge is 2.38. The minimum absolute atomic E-state index is 0.0585. The lowest BCUT2D eigenvalue weighted by molar-refractivity contribution is -0.0361. The van der Waals surface area contributed by atoms with Crippen molar-refractivity contribution in [2.24, 2.45) is 0 Å². The number of hydrogen-bond donors (Lipinski definition) is 1. The van der Waals surface area contributed by atoms with Gasteiger partial charge in [0.05, 0.1) is 26.9 Å². The Hall–Kier alpha value is -1.79. The van der Waals surface area contributed by atoms with E-state index in [4.69, 9.17) is 14.2 Å². The van der Waals surface area contributed by atoms with Gasteiger partial charge in [0.2, 0.25) is 0 Å². The van der Waals surface area contributed by atoms with Crippen LogP contribution in [0.5, 0.6) is 11.5 Å². The number of morpholine rings is 1. The first-order valence-corrected chi connectivity index (χ1v) is 10.1. The fourth-order valence-corrected chi connectivity index (χ4v) is 4.29. The second kappa shape index (κ2) is 9.42. The van der Waals surface area contributed by atoms with E-state index in [1.807, 2.05) is 6.92 Å². The molecular weight excluding hydrogens is 344 g/mol. The molecule has 0 bridgehead atoms. The average Bonchev–Trinajstić information content (AvgIpc) is 2.73. The zero-order valence-corrected chi connectivity index (χ0v) is 16.6. The van der Waals surface area contributed by atoms with Crippen molar-refractivity contribution < 1.29 is 19.0 Å². The number of carbonyl (C=O) groups is 1. The molecule has 6 heteroatoms. The SMILES string of the molecule is CCOc1cc(C(=O)NCC2(N3CCOCC3)CCCCC2)ccc1OC. The Bertz CT molecular complexity index is 623. The van der Waals surface area contributed by atoms with Crippen LogP contribution in [-0.2, 0) is 4.74 Å². The van der Waals surface area contributed by atoms with Crippen molar-refractivity contribution in [3.05, 3.63) is 23.8 Å². The van der Waals surface area contributed by atoms with Gasteiger partial charge in [-0.25, -0.2) is 0 Å². The largest absolute Gasteiger partial charge is 0.493 e. The van der Waals surface area contributed by atoms with E-state index in [1.54, 1.807) is 25.3 Å². The summed E-state index contributed by atoms with van der Waals surface area (Å²) in [5.74, 6) is 1.19. The van der Waals surface area contributed by atoms with E-state index in [9.17, 15) is 4.79 Å². The predicted molar refractivity (Wildman–Crippen MR) is 105 cm³/mol. The molecule has 1 aromatic carbocycles. The maximum Gasteiger partial charge on any atom is 0.251 e. The van der Waals surface area contributed by atoms with Crippen LogP contribution in [0.3, 0.4) is 0 Å². The van der Waals surface area contributed by atoms with Crippen molar-refractivity contribution >= 4 is 5.91 Å². The van der Waals surface area contributed by atoms with E-state index in [-0.39, 0.29) is 11.4 Å². The normalized spacial score (nSPS) is 20.1. The molecular formula is C21H32N2O4. The Morgan fingerprint density at radius 1 is 1.19 bits per heavy atom. The molecule has 0 radical (unpaired) electrons. The smallest absolute Gasteiger partial charge is 0.251 e. The minimum Gasteiger partial charge on any atom is -0.493 e. The zero-order chi connectivity index (χ0) is 19.1. The van der Waals surface area contributed by atoms with E-state index in [1.165, 1.54) is 19.3 Å². The molecule has 0 aromatic heterocycles. The van der Waals surface area contributed by atoms with E-state index in [0.717, 1.165) is 39.1 Å². The molecule has 2 aliphatic rings. The van der Waals surface area contributed by atoms with Crippen molar-refractivity contribution in [1.29, 1.82) is 0 Å². The van der Waals surface area contributed by atoms with Gasteiger partial charge in [-0.1, -0.05) is 19.3 Å². The van der Waals surface area contributed by atoms with Crippen LogP contribution >= 0.6 is 0 Å². The number of ether oxygens (including phenoxy) is 3. The van der Waals surface area contributed by atoms with E-state index < -0.39 is 0 Å². The molecule has 0 spiro atoms. The highest BCUT2D eigenvalue weighted by Crippen LogP contribution is 2.34. The maximum atomic E-state index is 12.8. The second-order valence-electron chi connectivity index (χ2n) is 7.37. The zero-order valence-electron chi connectivity index (χ0n) is 16.6. The molecule has 1 N–H and O–H groups in total. The van der Waals surface area contributed by atoms with Gasteiger partial charge in [0.25, 0.3) is 5.91 Å². The number of rotatable bonds is 7. The quantitative estimate of drug-likeness (QED) is 0.793. The molecule has 1 amide bonds. The number of carbonyl (C=O) groups excluding carboxylic acids is 1. The highest BCUT2D eigenvalue weighted by molar-refractivity contribution is 5.94. The number of amides is 1. The van der Waals surface area contributed by atoms with Gasteiger partial charge in [-0.3, -0.25) is 9.69 Å². The summed E-state index contributed by atoms with van der Waals surface area (Å²) in [4.78, 5) is 15.4. The topological polar surface area (TPSA) is 60.0 Å². The van der Waals surface area contributed by atoms with Gasteiger partial charge in [0, 0.05) is 30.7 Å². The predicted octanol–water partition coefficient (Wildman–Crippen LogP) is 2.86. The fourth-order valence-electron chi connectivity index (χ4n) is 4.29. The van der Waals surface area contributed by atoms with Crippen molar-refractivity contribution in [3.8, 4) is 11.5 Å². The average molecular weight is 376 g/mol. The summed E-state index contributed by atoms with van der Waals surface area (Å²) in [6.45, 7) is 6.60. The molecule has 150 valence electrons. The Labute approximate surface area is 162 Å². The second-order valence-corrected chi connectivity index (χ2v) is 7.37. The van der Waals surface area contributed by atoms with E-state index in [2.05, 4.69) is 10.2 Å². The Morgan fingerprint density at radius 2 is 1.93 bits per heavy atom. The third-order valence-electron chi connectivity index (χ3n) is 5.77. The summed E-state index contributed by atoms with van der Waals surface area (Å²) >= 11 is 0. The molecule has 1 aliphatic carbocycles. The van der Waals surface area contributed by atoms with Gasteiger partial charge in [0.15, 0.2) is 11.5 Å². The lowest BCUT2D eigenvalue weighted by atomic mass is 9.79. The first-order chi connectivity index (χ1) is 13.2. The first-order valence-electron chi connectivity index (χ1n) is 10.1. The fraction of sp³-hybridized carbons (Fsp3) is 0.667. The van der Waals surface area contributed by atoms with Crippen LogP contribution in [0.15, 0.2) is 18.2 Å². The lowest BCUT2D eigenvalue weighted by Gasteiger charge is -2.48. The molecule has 1 aromatic rings. The number of nitrogens with zero attached hydrogens (tertiary/aromatic N) is 1. The van der Waals surface area contributed by atoms with Crippen LogP contribution in [0.4, 0.5) is 0 Å². The summed E-state index contributed by atoms with van der Waals surface area (Å²) in [6.07, 6.45) is 6.02. The highest BCUT2D eigenvalue weighted by atomic mass is 16.5. The van der Waals surface area contributed by atoms with E-state index in [0.29, 0.717) is 30.2 Å². The van der Waals surface area contributed by atoms with Crippen LogP contribution in [0.2, 0.25) is 0 Å². The van der Waals surface area contributed by atoms with Gasteiger partial charge in [-0.2, -0.15) is 0 Å². The van der Waals surface area contributed by atoms with Gasteiger partial charge >= 0.3 is 0 Å². The number of hydrogen-bond acceptors (Lipinski definition) is 5.